The molecule has 0 bridgehead atoms. The van der Waals surface area contributed by atoms with E-state index in [1.165, 1.54) is 16.9 Å². The first-order valence-corrected chi connectivity index (χ1v) is 7.08. The van der Waals surface area contributed by atoms with Crippen LogP contribution in [0.4, 0.5) is 10.8 Å². The van der Waals surface area contributed by atoms with E-state index in [0.29, 0.717) is 10.7 Å². The molecule has 0 saturated heterocycles. The lowest BCUT2D eigenvalue weighted by Gasteiger charge is -2.04. The molecule has 2 N–H and O–H groups in total. The highest BCUT2D eigenvalue weighted by Crippen LogP contribution is 2.24. The van der Waals surface area contributed by atoms with Crippen molar-refractivity contribution >= 4 is 40.5 Å². The molecule has 1 aromatic heterocycles. The zero-order chi connectivity index (χ0) is 13.2. The van der Waals surface area contributed by atoms with E-state index in [9.17, 15) is 4.79 Å². The predicted octanol–water partition coefficient (Wildman–Crippen LogP) is 2.74. The molecule has 0 fully saturated rings. The van der Waals surface area contributed by atoms with Crippen LogP contribution in [0, 0.1) is 0 Å². The molecule has 1 amide bonds. The van der Waals surface area contributed by atoms with E-state index in [4.69, 9.17) is 0 Å². The minimum absolute atomic E-state index is 0. The van der Waals surface area contributed by atoms with Gasteiger partial charge in [0.05, 0.1) is 0 Å². The first kappa shape index (κ1) is 14.7. The maximum absolute atomic E-state index is 12.1. The Bertz CT molecular complexity index is 629. The first-order chi connectivity index (χ1) is 9.26. The van der Waals surface area contributed by atoms with Gasteiger partial charge in [0.25, 0.3) is 5.91 Å². The van der Waals surface area contributed by atoms with E-state index >= 15 is 0 Å². The molecular weight excluding hydrogens is 296 g/mol. The number of amides is 1. The van der Waals surface area contributed by atoms with Gasteiger partial charge >= 0.3 is 0 Å². The Morgan fingerprint density at radius 1 is 1.45 bits per heavy atom. The van der Waals surface area contributed by atoms with Gasteiger partial charge in [-0.25, -0.2) is 0 Å². The highest BCUT2D eigenvalue weighted by Gasteiger charge is 2.14. The van der Waals surface area contributed by atoms with Crippen molar-refractivity contribution in [2.75, 3.05) is 17.2 Å². The van der Waals surface area contributed by atoms with Crippen LogP contribution in [0.3, 0.4) is 0 Å². The topological polar surface area (TPSA) is 66.9 Å². The summed E-state index contributed by atoms with van der Waals surface area (Å²) in [6.45, 7) is 2.95. The third-order valence-corrected chi connectivity index (χ3v) is 4.05. The number of hydrogen-bond acceptors (Lipinski definition) is 5. The average molecular weight is 311 g/mol. The number of carbonyl (C=O) groups is 1. The lowest BCUT2D eigenvalue weighted by Crippen LogP contribution is -2.11. The lowest BCUT2D eigenvalue weighted by molar-refractivity contribution is 0.102. The number of fused-ring (bicyclic) bond motifs is 1. The summed E-state index contributed by atoms with van der Waals surface area (Å²) in [5.41, 5.74) is 2.98. The molecule has 1 aliphatic heterocycles. The predicted molar refractivity (Wildman–Crippen MR) is 83.1 cm³/mol. The number of aryl methyl sites for hydroxylation is 1. The van der Waals surface area contributed by atoms with Crippen LogP contribution < -0.4 is 10.6 Å². The zero-order valence-corrected chi connectivity index (χ0v) is 12.6. The summed E-state index contributed by atoms with van der Waals surface area (Å²) in [4.78, 5) is 12.1. The SMILES string of the molecule is CCc1nnc(NC(=O)c2ccc3c(c2)CCN3)s1.Cl. The number of nitrogens with one attached hydrogen (secondary N) is 2. The molecule has 0 saturated carbocycles. The van der Waals surface area contributed by atoms with Gasteiger partial charge in [0.1, 0.15) is 5.01 Å². The smallest absolute Gasteiger partial charge is 0.257 e. The maximum atomic E-state index is 12.1. The van der Waals surface area contributed by atoms with Crippen LogP contribution in [0.25, 0.3) is 0 Å². The number of benzene rings is 1. The molecule has 3 rings (SSSR count). The monoisotopic (exact) mass is 310 g/mol. The molecule has 7 heteroatoms. The number of hydrogen-bond donors (Lipinski definition) is 2. The van der Waals surface area contributed by atoms with Crippen LogP contribution in [0.5, 0.6) is 0 Å². The second-order valence-corrected chi connectivity index (χ2v) is 5.42. The van der Waals surface area contributed by atoms with Crippen molar-refractivity contribution in [3.8, 4) is 0 Å². The summed E-state index contributed by atoms with van der Waals surface area (Å²) in [6.07, 6.45) is 1.80. The van der Waals surface area contributed by atoms with Crippen molar-refractivity contribution in [3.63, 3.8) is 0 Å². The third-order valence-electron chi connectivity index (χ3n) is 3.07. The fraction of sp³-hybridized carbons (Fsp3) is 0.308. The Hall–Kier alpha value is -1.66. The molecule has 0 unspecified atom stereocenters. The normalized spacial score (nSPS) is 12.2. The van der Waals surface area contributed by atoms with Gasteiger partial charge in [0.2, 0.25) is 5.13 Å². The summed E-state index contributed by atoms with van der Waals surface area (Å²) >= 11 is 1.41. The summed E-state index contributed by atoms with van der Waals surface area (Å²) in [6, 6.07) is 5.72. The van der Waals surface area contributed by atoms with E-state index < -0.39 is 0 Å². The van der Waals surface area contributed by atoms with Gasteiger partial charge in [-0.3, -0.25) is 10.1 Å². The van der Waals surface area contributed by atoms with Gasteiger partial charge in [-0.05, 0) is 36.6 Å². The second kappa shape index (κ2) is 6.19. The van der Waals surface area contributed by atoms with E-state index in [-0.39, 0.29) is 18.3 Å². The fourth-order valence-corrected chi connectivity index (χ4v) is 2.74. The number of aromatic nitrogens is 2. The number of rotatable bonds is 3. The summed E-state index contributed by atoms with van der Waals surface area (Å²) < 4.78 is 0. The lowest BCUT2D eigenvalue weighted by atomic mass is 10.1. The van der Waals surface area contributed by atoms with Gasteiger partial charge in [0.15, 0.2) is 0 Å². The highest BCUT2D eigenvalue weighted by molar-refractivity contribution is 7.15. The highest BCUT2D eigenvalue weighted by atomic mass is 35.5. The van der Waals surface area contributed by atoms with Gasteiger partial charge in [0, 0.05) is 17.8 Å². The number of anilines is 2. The fourth-order valence-electron chi connectivity index (χ4n) is 2.06. The molecule has 20 heavy (non-hydrogen) atoms. The molecular formula is C13H15ClN4OS. The average Bonchev–Trinajstić information content (AvgIpc) is 3.05. The Kier molecular flexibility index (Phi) is 4.57. The molecule has 0 spiro atoms. The summed E-state index contributed by atoms with van der Waals surface area (Å²) in [7, 11) is 0. The first-order valence-electron chi connectivity index (χ1n) is 6.27. The Labute approximate surface area is 127 Å². The quantitative estimate of drug-likeness (QED) is 0.915. The van der Waals surface area contributed by atoms with Crippen LogP contribution >= 0.6 is 23.7 Å². The van der Waals surface area contributed by atoms with Crippen molar-refractivity contribution in [2.45, 2.75) is 19.8 Å². The van der Waals surface area contributed by atoms with Crippen LogP contribution in [0.15, 0.2) is 18.2 Å². The van der Waals surface area contributed by atoms with Gasteiger partial charge in [-0.2, -0.15) is 0 Å². The molecule has 0 radical (unpaired) electrons. The Morgan fingerprint density at radius 2 is 2.30 bits per heavy atom. The van der Waals surface area contributed by atoms with Crippen molar-refractivity contribution in [1.29, 1.82) is 0 Å². The third kappa shape index (κ3) is 2.91. The number of halogens is 1. The Morgan fingerprint density at radius 3 is 3.05 bits per heavy atom. The molecule has 2 aromatic rings. The van der Waals surface area contributed by atoms with Crippen molar-refractivity contribution in [2.24, 2.45) is 0 Å². The number of nitrogens with zero attached hydrogens (tertiary/aromatic N) is 2. The van der Waals surface area contributed by atoms with Crippen LogP contribution in [0.1, 0.15) is 27.9 Å². The maximum Gasteiger partial charge on any atom is 0.257 e. The molecule has 0 atom stereocenters. The van der Waals surface area contributed by atoms with E-state index in [1.807, 2.05) is 25.1 Å². The van der Waals surface area contributed by atoms with E-state index in [1.54, 1.807) is 0 Å². The standard InChI is InChI=1S/C13H14N4OS.ClH/c1-2-11-16-17-13(19-11)15-12(18)9-3-4-10-8(7-9)5-6-14-10;/h3-4,7,14H,2,5-6H2,1H3,(H,15,17,18);1H. The minimum atomic E-state index is -0.131. The molecule has 5 nitrogen and oxygen atoms in total. The second-order valence-electron chi connectivity index (χ2n) is 4.36. The Balaban J connectivity index is 0.00000147. The largest absolute Gasteiger partial charge is 0.384 e. The summed E-state index contributed by atoms with van der Waals surface area (Å²) in [5.74, 6) is -0.131. The van der Waals surface area contributed by atoms with Gasteiger partial charge in [-0.1, -0.05) is 18.3 Å². The molecule has 0 aliphatic carbocycles. The minimum Gasteiger partial charge on any atom is -0.384 e. The molecule has 106 valence electrons. The van der Waals surface area contributed by atoms with E-state index in [0.717, 1.165) is 30.1 Å². The zero-order valence-electron chi connectivity index (χ0n) is 11.0. The van der Waals surface area contributed by atoms with Gasteiger partial charge < -0.3 is 5.32 Å². The van der Waals surface area contributed by atoms with Gasteiger partial charge in [-0.15, -0.1) is 22.6 Å². The molecule has 1 aromatic carbocycles. The molecule has 1 aliphatic rings. The van der Waals surface area contributed by atoms with Crippen molar-refractivity contribution in [3.05, 3.63) is 34.3 Å². The van der Waals surface area contributed by atoms with Crippen LogP contribution in [-0.4, -0.2) is 22.6 Å². The van der Waals surface area contributed by atoms with Crippen molar-refractivity contribution < 1.29 is 4.79 Å². The van der Waals surface area contributed by atoms with Crippen LogP contribution in [-0.2, 0) is 12.8 Å². The van der Waals surface area contributed by atoms with Crippen LogP contribution in [0.2, 0.25) is 0 Å². The summed E-state index contributed by atoms with van der Waals surface area (Å²) in [5, 5.41) is 15.5. The molecule has 2 heterocycles. The van der Waals surface area contributed by atoms with Crippen molar-refractivity contribution in [1.82, 2.24) is 10.2 Å². The van der Waals surface area contributed by atoms with E-state index in [2.05, 4.69) is 20.8 Å². The number of carbonyl (C=O) groups excluding carboxylic acids is 1.